The molecule has 27 heavy (non-hydrogen) atoms. The summed E-state index contributed by atoms with van der Waals surface area (Å²) in [6.07, 6.45) is -0.554. The van der Waals surface area contributed by atoms with Crippen molar-refractivity contribution in [2.24, 2.45) is 0 Å². The number of benzene rings is 3. The van der Waals surface area contributed by atoms with Gasteiger partial charge in [-0.2, -0.15) is 0 Å². The number of non-ortho nitro benzene ring substituents is 1. The Labute approximate surface area is 156 Å². The second kappa shape index (κ2) is 8.14. The highest BCUT2D eigenvalue weighted by Gasteiger charge is 2.25. The average Bonchev–Trinajstić information content (AvgIpc) is 2.70. The van der Waals surface area contributed by atoms with E-state index in [1.165, 1.54) is 29.2 Å². The molecule has 0 spiro atoms. The number of hydrogen-bond acceptors (Lipinski definition) is 4. The standard InChI is InChI=1S/C21H18N2O4/c1-22(21(24)27-19-14-12-18(13-15-19)23(25)26)20(16-8-4-2-5-9-16)17-10-6-3-7-11-17/h2-15,20H,1H3. The summed E-state index contributed by atoms with van der Waals surface area (Å²) in [4.78, 5) is 24.4. The van der Waals surface area contributed by atoms with E-state index < -0.39 is 11.0 Å². The van der Waals surface area contributed by atoms with Crippen LogP contribution in [0.25, 0.3) is 0 Å². The van der Waals surface area contributed by atoms with Gasteiger partial charge in [-0.15, -0.1) is 0 Å². The highest BCUT2D eigenvalue weighted by molar-refractivity contribution is 5.71. The van der Waals surface area contributed by atoms with E-state index in [2.05, 4.69) is 0 Å². The summed E-state index contributed by atoms with van der Waals surface area (Å²) in [5.74, 6) is 0.248. The molecule has 0 fully saturated rings. The number of nitro groups is 1. The molecule has 0 aliphatic rings. The summed E-state index contributed by atoms with van der Waals surface area (Å²) >= 11 is 0. The maximum Gasteiger partial charge on any atom is 0.415 e. The molecule has 136 valence electrons. The molecule has 0 bridgehead atoms. The Bertz CT molecular complexity index is 872. The molecular weight excluding hydrogens is 344 g/mol. The van der Waals surface area contributed by atoms with E-state index >= 15 is 0 Å². The minimum atomic E-state index is -0.554. The number of ether oxygens (including phenoxy) is 1. The van der Waals surface area contributed by atoms with Gasteiger partial charge in [0, 0.05) is 19.2 Å². The van der Waals surface area contributed by atoms with Crippen LogP contribution >= 0.6 is 0 Å². The van der Waals surface area contributed by atoms with Gasteiger partial charge in [-0.05, 0) is 23.3 Å². The normalized spacial score (nSPS) is 10.4. The lowest BCUT2D eigenvalue weighted by Gasteiger charge is -2.28. The summed E-state index contributed by atoms with van der Waals surface area (Å²) < 4.78 is 5.40. The van der Waals surface area contributed by atoms with Gasteiger partial charge in [0.15, 0.2) is 0 Å². The minimum Gasteiger partial charge on any atom is -0.410 e. The molecule has 0 aromatic heterocycles. The molecule has 0 radical (unpaired) electrons. The van der Waals surface area contributed by atoms with Gasteiger partial charge in [-0.25, -0.2) is 4.79 Å². The first kappa shape index (κ1) is 18.1. The highest BCUT2D eigenvalue weighted by Crippen LogP contribution is 2.28. The Balaban J connectivity index is 1.84. The molecular formula is C21H18N2O4. The summed E-state index contributed by atoms with van der Waals surface area (Å²) in [5.41, 5.74) is 1.84. The van der Waals surface area contributed by atoms with Crippen molar-refractivity contribution in [2.45, 2.75) is 6.04 Å². The van der Waals surface area contributed by atoms with Crippen LogP contribution in [-0.4, -0.2) is 23.0 Å². The van der Waals surface area contributed by atoms with Crippen molar-refractivity contribution in [1.82, 2.24) is 4.90 Å². The molecule has 6 nitrogen and oxygen atoms in total. The lowest BCUT2D eigenvalue weighted by Crippen LogP contribution is -2.34. The Morgan fingerprint density at radius 2 is 1.37 bits per heavy atom. The van der Waals surface area contributed by atoms with Crippen LogP contribution in [0.3, 0.4) is 0 Å². The van der Waals surface area contributed by atoms with E-state index in [0.29, 0.717) is 0 Å². The third-order valence-electron chi connectivity index (χ3n) is 4.16. The van der Waals surface area contributed by atoms with Crippen LogP contribution < -0.4 is 4.74 Å². The third kappa shape index (κ3) is 4.30. The fourth-order valence-corrected chi connectivity index (χ4v) is 2.82. The van der Waals surface area contributed by atoms with Crippen LogP contribution in [0.4, 0.5) is 10.5 Å². The second-order valence-electron chi connectivity index (χ2n) is 5.95. The molecule has 3 rings (SSSR count). The van der Waals surface area contributed by atoms with Gasteiger partial charge >= 0.3 is 6.09 Å². The number of carbonyl (C=O) groups excluding carboxylic acids is 1. The zero-order valence-electron chi connectivity index (χ0n) is 14.7. The molecule has 0 saturated heterocycles. The molecule has 0 aliphatic heterocycles. The van der Waals surface area contributed by atoms with Crippen molar-refractivity contribution in [1.29, 1.82) is 0 Å². The summed E-state index contributed by atoms with van der Waals surface area (Å²) in [6, 6.07) is 24.4. The molecule has 6 heteroatoms. The van der Waals surface area contributed by atoms with Gasteiger partial charge < -0.3 is 4.74 Å². The minimum absolute atomic E-state index is 0.0606. The molecule has 3 aromatic carbocycles. The van der Waals surface area contributed by atoms with Crippen LogP contribution in [0.5, 0.6) is 5.75 Å². The SMILES string of the molecule is CN(C(=O)Oc1ccc([N+](=O)[O-])cc1)C(c1ccccc1)c1ccccc1. The lowest BCUT2D eigenvalue weighted by molar-refractivity contribution is -0.384. The van der Waals surface area contributed by atoms with Gasteiger partial charge in [0.1, 0.15) is 5.75 Å². The smallest absolute Gasteiger partial charge is 0.410 e. The van der Waals surface area contributed by atoms with Gasteiger partial charge in [0.2, 0.25) is 0 Å². The van der Waals surface area contributed by atoms with E-state index in [0.717, 1.165) is 11.1 Å². The average molecular weight is 362 g/mol. The maximum absolute atomic E-state index is 12.7. The van der Waals surface area contributed by atoms with Crippen molar-refractivity contribution >= 4 is 11.8 Å². The lowest BCUT2D eigenvalue weighted by atomic mass is 9.98. The Hall–Kier alpha value is -3.67. The van der Waals surface area contributed by atoms with Crippen molar-refractivity contribution in [3.05, 3.63) is 106 Å². The van der Waals surface area contributed by atoms with Crippen molar-refractivity contribution in [3.8, 4) is 5.75 Å². The predicted octanol–water partition coefficient (Wildman–Crippen LogP) is 4.82. The van der Waals surface area contributed by atoms with Crippen LogP contribution in [-0.2, 0) is 0 Å². The topological polar surface area (TPSA) is 72.7 Å². The Kier molecular flexibility index (Phi) is 5.47. The van der Waals surface area contributed by atoms with E-state index in [4.69, 9.17) is 4.74 Å². The monoisotopic (exact) mass is 362 g/mol. The number of amides is 1. The summed E-state index contributed by atoms with van der Waals surface area (Å²) in [6.45, 7) is 0. The first-order valence-electron chi connectivity index (χ1n) is 8.35. The van der Waals surface area contributed by atoms with Gasteiger partial charge in [0.25, 0.3) is 5.69 Å². The van der Waals surface area contributed by atoms with Crippen LogP contribution in [0.1, 0.15) is 17.2 Å². The van der Waals surface area contributed by atoms with Crippen LogP contribution in [0, 0.1) is 10.1 Å². The summed E-state index contributed by atoms with van der Waals surface area (Å²) in [7, 11) is 1.67. The molecule has 0 N–H and O–H groups in total. The van der Waals surface area contributed by atoms with Gasteiger partial charge in [0.05, 0.1) is 11.0 Å². The molecule has 0 aliphatic carbocycles. The Morgan fingerprint density at radius 3 is 1.81 bits per heavy atom. The van der Waals surface area contributed by atoms with Crippen LogP contribution in [0.15, 0.2) is 84.9 Å². The number of nitro benzene ring substituents is 1. The fourth-order valence-electron chi connectivity index (χ4n) is 2.82. The van der Waals surface area contributed by atoms with E-state index in [-0.39, 0.29) is 17.5 Å². The number of rotatable bonds is 5. The fraction of sp³-hybridized carbons (Fsp3) is 0.0952. The molecule has 0 atom stereocenters. The molecule has 3 aromatic rings. The number of hydrogen-bond donors (Lipinski definition) is 0. The third-order valence-corrected chi connectivity index (χ3v) is 4.16. The highest BCUT2D eigenvalue weighted by atomic mass is 16.6. The Morgan fingerprint density at radius 1 is 0.889 bits per heavy atom. The van der Waals surface area contributed by atoms with Crippen molar-refractivity contribution in [2.75, 3.05) is 7.05 Å². The number of carbonyl (C=O) groups is 1. The molecule has 0 heterocycles. The molecule has 1 amide bonds. The van der Waals surface area contributed by atoms with Gasteiger partial charge in [-0.1, -0.05) is 60.7 Å². The quantitative estimate of drug-likeness (QED) is 0.482. The van der Waals surface area contributed by atoms with Gasteiger partial charge in [-0.3, -0.25) is 15.0 Å². The maximum atomic E-state index is 12.7. The summed E-state index contributed by atoms with van der Waals surface area (Å²) in [5, 5.41) is 10.7. The van der Waals surface area contributed by atoms with Crippen molar-refractivity contribution in [3.63, 3.8) is 0 Å². The van der Waals surface area contributed by atoms with Crippen molar-refractivity contribution < 1.29 is 14.5 Å². The molecule has 0 saturated carbocycles. The second-order valence-corrected chi connectivity index (χ2v) is 5.95. The van der Waals surface area contributed by atoms with E-state index in [1.54, 1.807) is 7.05 Å². The predicted molar refractivity (Wildman–Crippen MR) is 102 cm³/mol. The largest absolute Gasteiger partial charge is 0.415 e. The first-order valence-corrected chi connectivity index (χ1v) is 8.35. The van der Waals surface area contributed by atoms with E-state index in [9.17, 15) is 14.9 Å². The van der Waals surface area contributed by atoms with E-state index in [1.807, 2.05) is 60.7 Å². The zero-order valence-corrected chi connectivity index (χ0v) is 14.7. The number of nitrogens with zero attached hydrogens (tertiary/aromatic N) is 2. The zero-order chi connectivity index (χ0) is 19.2. The first-order chi connectivity index (χ1) is 13.1. The van der Waals surface area contributed by atoms with Crippen LogP contribution in [0.2, 0.25) is 0 Å². The molecule has 0 unspecified atom stereocenters.